The Morgan fingerprint density at radius 2 is 1.83 bits per heavy atom. The van der Waals surface area contributed by atoms with Gasteiger partial charge in [-0.3, -0.25) is 9.59 Å². The highest BCUT2D eigenvalue weighted by Gasteiger charge is 2.07. The van der Waals surface area contributed by atoms with E-state index in [0.717, 1.165) is 11.3 Å². The molecule has 0 aliphatic rings. The minimum atomic E-state index is -0.176. The average Bonchev–Trinajstić information content (AvgIpc) is 2.55. The molecule has 0 aliphatic carbocycles. The number of rotatable bonds is 6. The molecule has 0 spiro atoms. The Hall–Kier alpha value is -2.53. The molecule has 0 unspecified atom stereocenters. The van der Waals surface area contributed by atoms with Crippen LogP contribution in [0, 0.1) is 0 Å². The van der Waals surface area contributed by atoms with Gasteiger partial charge in [0.1, 0.15) is 5.75 Å². The summed E-state index contributed by atoms with van der Waals surface area (Å²) in [5, 5.41) is 6.14. The lowest BCUT2D eigenvalue weighted by Gasteiger charge is -2.10. The number of methoxy groups -OCH3 is 1. The monoisotopic (exact) mass is 346 g/mol. The predicted molar refractivity (Wildman–Crippen MR) is 94.8 cm³/mol. The topological polar surface area (TPSA) is 67.4 Å². The summed E-state index contributed by atoms with van der Waals surface area (Å²) in [4.78, 5) is 23.1. The molecule has 126 valence electrons. The van der Waals surface area contributed by atoms with Crippen molar-refractivity contribution in [3.63, 3.8) is 0 Å². The highest BCUT2D eigenvalue weighted by molar-refractivity contribution is 6.30. The number of ether oxygens (including phenoxy) is 1. The molecule has 2 amide bonds. The van der Waals surface area contributed by atoms with Crippen LogP contribution in [0.25, 0.3) is 0 Å². The zero-order chi connectivity index (χ0) is 17.5. The van der Waals surface area contributed by atoms with Gasteiger partial charge in [0.2, 0.25) is 5.91 Å². The van der Waals surface area contributed by atoms with Crippen molar-refractivity contribution in [2.45, 2.75) is 13.3 Å². The lowest BCUT2D eigenvalue weighted by atomic mass is 10.1. The van der Waals surface area contributed by atoms with E-state index in [0.29, 0.717) is 29.2 Å². The summed E-state index contributed by atoms with van der Waals surface area (Å²) in [6.45, 7) is 1.90. The van der Waals surface area contributed by atoms with E-state index in [1.54, 1.807) is 43.5 Å². The van der Waals surface area contributed by atoms with E-state index in [1.165, 1.54) is 6.92 Å². The smallest absolute Gasteiger partial charge is 0.251 e. The number of amides is 2. The van der Waals surface area contributed by atoms with Crippen molar-refractivity contribution in [2.75, 3.05) is 19.0 Å². The van der Waals surface area contributed by atoms with Gasteiger partial charge >= 0.3 is 0 Å². The molecule has 2 aromatic carbocycles. The number of hydrogen-bond acceptors (Lipinski definition) is 3. The molecule has 2 N–H and O–H groups in total. The number of nitrogens with one attached hydrogen (secondary N) is 2. The third-order valence-corrected chi connectivity index (χ3v) is 3.62. The fourth-order valence-corrected chi connectivity index (χ4v) is 2.46. The summed E-state index contributed by atoms with van der Waals surface area (Å²) in [5.74, 6) is 0.418. The lowest BCUT2D eigenvalue weighted by molar-refractivity contribution is -0.114. The van der Waals surface area contributed by atoms with Crippen molar-refractivity contribution < 1.29 is 14.3 Å². The molecule has 0 heterocycles. The van der Waals surface area contributed by atoms with Crippen LogP contribution in [0.1, 0.15) is 22.8 Å². The van der Waals surface area contributed by atoms with Crippen LogP contribution in [-0.2, 0) is 11.2 Å². The molecule has 24 heavy (non-hydrogen) atoms. The maximum atomic E-state index is 12.1. The van der Waals surface area contributed by atoms with E-state index in [2.05, 4.69) is 10.6 Å². The van der Waals surface area contributed by atoms with Crippen LogP contribution >= 0.6 is 11.6 Å². The Kier molecular flexibility index (Phi) is 6.21. The van der Waals surface area contributed by atoms with Crippen LogP contribution in [0.5, 0.6) is 5.75 Å². The van der Waals surface area contributed by atoms with Crippen LogP contribution in [0.2, 0.25) is 5.02 Å². The molecule has 2 rings (SSSR count). The van der Waals surface area contributed by atoms with Crippen molar-refractivity contribution >= 4 is 29.1 Å². The molecular formula is C18H19ClN2O3. The number of carbonyl (C=O) groups is 2. The number of carbonyl (C=O) groups excluding carboxylic acids is 2. The maximum Gasteiger partial charge on any atom is 0.251 e. The molecule has 6 heteroatoms. The Labute approximate surface area is 146 Å². The van der Waals surface area contributed by atoms with E-state index in [-0.39, 0.29) is 11.8 Å². The third kappa shape index (κ3) is 4.99. The first-order valence-electron chi connectivity index (χ1n) is 7.48. The number of hydrogen-bond donors (Lipinski definition) is 2. The number of anilines is 1. The van der Waals surface area contributed by atoms with E-state index >= 15 is 0 Å². The summed E-state index contributed by atoms with van der Waals surface area (Å²) < 4.78 is 5.28. The minimum Gasteiger partial charge on any atom is -0.496 e. The summed E-state index contributed by atoms with van der Waals surface area (Å²) in [5.41, 5.74) is 2.12. The van der Waals surface area contributed by atoms with E-state index < -0.39 is 0 Å². The molecule has 0 bridgehead atoms. The number of halogens is 1. The maximum absolute atomic E-state index is 12.1. The zero-order valence-corrected chi connectivity index (χ0v) is 14.3. The molecule has 0 fully saturated rings. The summed E-state index contributed by atoms with van der Waals surface area (Å²) >= 11 is 5.99. The Balaban J connectivity index is 1.91. The summed E-state index contributed by atoms with van der Waals surface area (Å²) in [6.07, 6.45) is 0.611. The van der Waals surface area contributed by atoms with Crippen molar-refractivity contribution in [1.29, 1.82) is 0 Å². The first kappa shape index (κ1) is 17.8. The van der Waals surface area contributed by atoms with Gasteiger partial charge in [0.25, 0.3) is 5.91 Å². The fourth-order valence-electron chi connectivity index (χ4n) is 2.26. The molecular weight excluding hydrogens is 328 g/mol. The third-order valence-electron chi connectivity index (χ3n) is 3.39. The lowest BCUT2D eigenvalue weighted by Crippen LogP contribution is -2.25. The van der Waals surface area contributed by atoms with Gasteiger partial charge in [-0.1, -0.05) is 11.6 Å². The van der Waals surface area contributed by atoms with Crippen LogP contribution < -0.4 is 15.4 Å². The van der Waals surface area contributed by atoms with E-state index in [4.69, 9.17) is 16.3 Å². The van der Waals surface area contributed by atoms with Crippen LogP contribution in [0.15, 0.2) is 42.5 Å². The molecule has 5 nitrogen and oxygen atoms in total. The van der Waals surface area contributed by atoms with Crippen molar-refractivity contribution in [2.24, 2.45) is 0 Å². The van der Waals surface area contributed by atoms with Crippen molar-refractivity contribution in [3.05, 3.63) is 58.6 Å². The molecule has 0 atom stereocenters. The molecule has 0 aliphatic heterocycles. The molecule has 0 saturated carbocycles. The quantitative estimate of drug-likeness (QED) is 0.843. The van der Waals surface area contributed by atoms with E-state index in [1.807, 2.05) is 6.07 Å². The Morgan fingerprint density at radius 3 is 2.46 bits per heavy atom. The summed E-state index contributed by atoms with van der Waals surface area (Å²) in [6, 6.07) is 12.1. The Bertz CT molecular complexity index is 730. The molecule has 2 aromatic rings. The van der Waals surface area contributed by atoms with Gasteiger partial charge in [0.15, 0.2) is 0 Å². The van der Waals surface area contributed by atoms with Crippen LogP contribution in [-0.4, -0.2) is 25.5 Å². The first-order valence-corrected chi connectivity index (χ1v) is 7.85. The van der Waals surface area contributed by atoms with E-state index in [9.17, 15) is 9.59 Å². The molecule has 0 radical (unpaired) electrons. The zero-order valence-electron chi connectivity index (χ0n) is 13.6. The Morgan fingerprint density at radius 1 is 1.12 bits per heavy atom. The van der Waals surface area contributed by atoms with Gasteiger partial charge in [-0.05, 0) is 54.4 Å². The largest absolute Gasteiger partial charge is 0.496 e. The van der Waals surface area contributed by atoms with Gasteiger partial charge < -0.3 is 15.4 Å². The van der Waals surface area contributed by atoms with Crippen LogP contribution in [0.4, 0.5) is 5.69 Å². The SMILES string of the molecule is COc1ccc(Cl)cc1CCNC(=O)c1ccc(NC(C)=O)cc1. The minimum absolute atomic E-state index is 0.150. The van der Waals surface area contributed by atoms with Gasteiger partial charge in [-0.25, -0.2) is 0 Å². The second kappa shape index (κ2) is 8.36. The second-order valence-corrected chi connectivity index (χ2v) is 5.66. The second-order valence-electron chi connectivity index (χ2n) is 5.22. The van der Waals surface area contributed by atoms with Crippen molar-refractivity contribution in [3.8, 4) is 5.75 Å². The standard InChI is InChI=1S/C18H19ClN2O3/c1-12(22)21-16-6-3-13(4-7-16)18(23)20-10-9-14-11-15(19)5-8-17(14)24-2/h3-8,11H,9-10H2,1-2H3,(H,20,23)(H,21,22). The van der Waals surface area contributed by atoms with Crippen LogP contribution in [0.3, 0.4) is 0 Å². The van der Waals surface area contributed by atoms with Gasteiger partial charge in [0.05, 0.1) is 7.11 Å². The van der Waals surface area contributed by atoms with Crippen molar-refractivity contribution in [1.82, 2.24) is 5.32 Å². The highest BCUT2D eigenvalue weighted by atomic mass is 35.5. The van der Waals surface area contributed by atoms with Gasteiger partial charge in [0, 0.05) is 29.7 Å². The van der Waals surface area contributed by atoms with Gasteiger partial charge in [-0.15, -0.1) is 0 Å². The fraction of sp³-hybridized carbons (Fsp3) is 0.222. The number of benzene rings is 2. The summed E-state index contributed by atoms with van der Waals surface area (Å²) in [7, 11) is 1.60. The average molecular weight is 347 g/mol. The first-order chi connectivity index (χ1) is 11.5. The predicted octanol–water partition coefficient (Wildman–Crippen LogP) is 3.28. The molecule has 0 aromatic heterocycles. The van der Waals surface area contributed by atoms with Gasteiger partial charge in [-0.2, -0.15) is 0 Å². The molecule has 0 saturated heterocycles. The normalized spacial score (nSPS) is 10.1. The highest BCUT2D eigenvalue weighted by Crippen LogP contribution is 2.22.